The Morgan fingerprint density at radius 1 is 1.21 bits per heavy atom. The van der Waals surface area contributed by atoms with E-state index in [2.05, 4.69) is 24.5 Å². The molecule has 3 rings (SSSR count). The van der Waals surface area contributed by atoms with Crippen LogP contribution in [0.1, 0.15) is 52.0 Å². The van der Waals surface area contributed by atoms with Crippen LogP contribution in [0.4, 0.5) is 10.5 Å². The minimum atomic E-state index is -1.07. The zero-order chi connectivity index (χ0) is 21.3. The molecule has 0 unspecified atom stereocenters. The number of anilines is 1. The summed E-state index contributed by atoms with van der Waals surface area (Å²) < 4.78 is 5.12. The first-order chi connectivity index (χ1) is 13.6. The van der Waals surface area contributed by atoms with Crippen molar-refractivity contribution in [3.8, 4) is 0 Å². The number of carbonyl (C=O) groups excluding carboxylic acids is 4. The van der Waals surface area contributed by atoms with E-state index in [0.29, 0.717) is 11.6 Å². The predicted molar refractivity (Wildman–Crippen MR) is 106 cm³/mol. The normalized spacial score (nSPS) is 22.4. The van der Waals surface area contributed by atoms with Crippen LogP contribution in [0.25, 0.3) is 0 Å². The molecule has 2 aliphatic rings. The Balaban J connectivity index is 1.52. The number of imide groups is 1. The zero-order valence-electron chi connectivity index (χ0n) is 17.2. The van der Waals surface area contributed by atoms with Crippen LogP contribution in [-0.2, 0) is 19.1 Å². The van der Waals surface area contributed by atoms with Crippen LogP contribution in [0.3, 0.4) is 0 Å². The monoisotopic (exact) mass is 401 g/mol. The lowest BCUT2D eigenvalue weighted by molar-refractivity contribution is -0.155. The van der Waals surface area contributed by atoms with E-state index in [9.17, 15) is 19.2 Å². The third kappa shape index (κ3) is 4.41. The molecular formula is C21H27N3O5. The largest absolute Gasteiger partial charge is 0.451 e. The number of ether oxygens (including phenoxy) is 1. The van der Waals surface area contributed by atoms with Crippen molar-refractivity contribution in [3.05, 3.63) is 29.8 Å². The van der Waals surface area contributed by atoms with Crippen LogP contribution >= 0.6 is 0 Å². The van der Waals surface area contributed by atoms with E-state index in [-0.39, 0.29) is 5.92 Å². The Labute approximate surface area is 170 Å². The van der Waals surface area contributed by atoms with Crippen molar-refractivity contribution in [2.24, 2.45) is 5.92 Å². The van der Waals surface area contributed by atoms with Gasteiger partial charge in [-0.2, -0.15) is 0 Å². The average Bonchev–Trinajstić information content (AvgIpc) is 3.48. The third-order valence-electron chi connectivity index (χ3n) is 5.50. The molecule has 29 heavy (non-hydrogen) atoms. The molecule has 156 valence electrons. The second-order valence-electron chi connectivity index (χ2n) is 8.20. The number of esters is 1. The predicted octanol–water partition coefficient (Wildman–Crippen LogP) is 2.40. The summed E-state index contributed by atoms with van der Waals surface area (Å²) in [5.41, 5.74) is 0.786. The van der Waals surface area contributed by atoms with E-state index in [1.165, 1.54) is 6.92 Å². The van der Waals surface area contributed by atoms with Crippen molar-refractivity contribution >= 4 is 29.5 Å². The van der Waals surface area contributed by atoms with Gasteiger partial charge in [0.05, 0.1) is 0 Å². The van der Waals surface area contributed by atoms with Gasteiger partial charge in [0.15, 0.2) is 6.10 Å². The molecule has 2 N–H and O–H groups in total. The number of carbonyl (C=O) groups is 4. The number of amides is 4. The van der Waals surface area contributed by atoms with Crippen LogP contribution in [0, 0.1) is 5.92 Å². The summed E-state index contributed by atoms with van der Waals surface area (Å²) in [6, 6.07) is 6.81. The number of nitrogens with one attached hydrogen (secondary N) is 2. The number of nitrogens with zero attached hydrogens (tertiary/aromatic N) is 1. The molecule has 1 heterocycles. The molecule has 1 aliphatic carbocycles. The summed E-state index contributed by atoms with van der Waals surface area (Å²) in [6.07, 6.45) is 0.676. The lowest BCUT2D eigenvalue weighted by atomic mass is 9.96. The SMILES string of the molecule is CC(C)c1ccc(NC(=O)[C@@H](C)OC(=O)CN2C(=O)N[C@](C)(C3CC3)C2=O)cc1. The fraction of sp³-hybridized carbons (Fsp3) is 0.524. The van der Waals surface area contributed by atoms with E-state index in [4.69, 9.17) is 4.74 Å². The van der Waals surface area contributed by atoms with Gasteiger partial charge < -0.3 is 15.4 Å². The fourth-order valence-corrected chi connectivity index (χ4v) is 3.41. The van der Waals surface area contributed by atoms with Crippen LogP contribution in [0.15, 0.2) is 24.3 Å². The summed E-state index contributed by atoms with van der Waals surface area (Å²) in [4.78, 5) is 50.0. The van der Waals surface area contributed by atoms with Crippen molar-refractivity contribution in [3.63, 3.8) is 0 Å². The van der Waals surface area contributed by atoms with Gasteiger partial charge in [0.1, 0.15) is 12.1 Å². The summed E-state index contributed by atoms with van der Waals surface area (Å²) in [7, 11) is 0. The van der Waals surface area contributed by atoms with E-state index in [0.717, 1.165) is 23.3 Å². The Kier molecular flexibility index (Phi) is 5.64. The van der Waals surface area contributed by atoms with Gasteiger partial charge >= 0.3 is 12.0 Å². The Bertz CT molecular complexity index is 831. The first-order valence-electron chi connectivity index (χ1n) is 9.86. The van der Waals surface area contributed by atoms with Crippen LogP contribution < -0.4 is 10.6 Å². The Morgan fingerprint density at radius 2 is 1.83 bits per heavy atom. The summed E-state index contributed by atoms with van der Waals surface area (Å²) in [5.74, 6) is -1.25. The van der Waals surface area contributed by atoms with Gasteiger partial charge in [-0.1, -0.05) is 26.0 Å². The molecule has 0 spiro atoms. The molecule has 0 radical (unpaired) electrons. The second-order valence-corrected chi connectivity index (χ2v) is 8.20. The number of benzene rings is 1. The maximum absolute atomic E-state index is 12.5. The molecule has 1 aliphatic heterocycles. The lowest BCUT2D eigenvalue weighted by Crippen LogP contribution is -2.46. The van der Waals surface area contributed by atoms with E-state index >= 15 is 0 Å². The lowest BCUT2D eigenvalue weighted by Gasteiger charge is -2.21. The van der Waals surface area contributed by atoms with Gasteiger partial charge in [-0.15, -0.1) is 0 Å². The first-order valence-corrected chi connectivity index (χ1v) is 9.86. The topological polar surface area (TPSA) is 105 Å². The highest BCUT2D eigenvalue weighted by Crippen LogP contribution is 2.42. The van der Waals surface area contributed by atoms with Gasteiger partial charge in [-0.25, -0.2) is 4.79 Å². The van der Waals surface area contributed by atoms with Crippen molar-refractivity contribution in [1.82, 2.24) is 10.2 Å². The number of urea groups is 1. The summed E-state index contributed by atoms with van der Waals surface area (Å²) >= 11 is 0. The molecule has 8 heteroatoms. The molecule has 0 aromatic heterocycles. The van der Waals surface area contributed by atoms with Crippen molar-refractivity contribution in [2.75, 3.05) is 11.9 Å². The molecule has 1 saturated carbocycles. The number of rotatable bonds is 7. The van der Waals surface area contributed by atoms with E-state index in [1.54, 1.807) is 19.1 Å². The number of hydrogen-bond donors (Lipinski definition) is 2. The molecule has 1 aromatic rings. The highest BCUT2D eigenvalue weighted by Gasteiger charge is 2.56. The summed E-state index contributed by atoms with van der Waals surface area (Å²) in [5, 5.41) is 5.35. The maximum Gasteiger partial charge on any atom is 0.327 e. The number of hydrogen-bond acceptors (Lipinski definition) is 5. The molecule has 2 atom stereocenters. The zero-order valence-corrected chi connectivity index (χ0v) is 17.2. The van der Waals surface area contributed by atoms with E-state index in [1.807, 2.05) is 12.1 Å². The standard InChI is InChI=1S/C21H27N3O5/c1-12(2)14-5-9-16(10-6-14)22-18(26)13(3)29-17(25)11-24-19(27)21(4,15-7-8-15)23-20(24)28/h5-6,9-10,12-13,15H,7-8,11H2,1-4H3,(H,22,26)(H,23,28)/t13-,21-/m1/s1. The maximum atomic E-state index is 12.5. The van der Waals surface area contributed by atoms with Crippen molar-refractivity contribution < 1.29 is 23.9 Å². The molecule has 2 fully saturated rings. The van der Waals surface area contributed by atoms with Crippen LogP contribution in [0.5, 0.6) is 0 Å². The van der Waals surface area contributed by atoms with Gasteiger partial charge in [0, 0.05) is 5.69 Å². The first kappa shape index (κ1) is 20.8. The molecule has 4 amide bonds. The minimum absolute atomic E-state index is 0.103. The van der Waals surface area contributed by atoms with Crippen LogP contribution in [-0.4, -0.2) is 46.9 Å². The van der Waals surface area contributed by atoms with Crippen LogP contribution in [0.2, 0.25) is 0 Å². The quantitative estimate of drug-likeness (QED) is 0.539. The minimum Gasteiger partial charge on any atom is -0.451 e. The fourth-order valence-electron chi connectivity index (χ4n) is 3.41. The Morgan fingerprint density at radius 3 is 2.38 bits per heavy atom. The smallest absolute Gasteiger partial charge is 0.327 e. The molecule has 8 nitrogen and oxygen atoms in total. The van der Waals surface area contributed by atoms with Gasteiger partial charge in [0.25, 0.3) is 11.8 Å². The average molecular weight is 401 g/mol. The molecule has 1 aromatic carbocycles. The van der Waals surface area contributed by atoms with Gasteiger partial charge in [-0.05, 0) is 56.2 Å². The highest BCUT2D eigenvalue weighted by molar-refractivity contribution is 6.09. The molecule has 1 saturated heterocycles. The molecular weight excluding hydrogens is 374 g/mol. The summed E-state index contributed by atoms with van der Waals surface area (Å²) in [6.45, 7) is 6.75. The van der Waals surface area contributed by atoms with Gasteiger partial charge in [0.2, 0.25) is 0 Å². The van der Waals surface area contributed by atoms with Gasteiger partial charge in [-0.3, -0.25) is 19.3 Å². The highest BCUT2D eigenvalue weighted by atomic mass is 16.5. The third-order valence-corrected chi connectivity index (χ3v) is 5.50. The van der Waals surface area contributed by atoms with Crippen molar-refractivity contribution in [2.45, 2.75) is 58.1 Å². The second kappa shape index (κ2) is 7.85. The Hall–Kier alpha value is -2.90. The van der Waals surface area contributed by atoms with E-state index < -0.39 is 42.0 Å². The van der Waals surface area contributed by atoms with Crippen molar-refractivity contribution in [1.29, 1.82) is 0 Å². The molecule has 0 bridgehead atoms.